The molecule has 0 spiro atoms. The molecule has 2 heterocycles. The van der Waals surface area contributed by atoms with E-state index < -0.39 is 0 Å². The van der Waals surface area contributed by atoms with E-state index in [1.807, 2.05) is 0 Å². The van der Waals surface area contributed by atoms with Crippen LogP contribution in [0.2, 0.25) is 5.15 Å². The zero-order chi connectivity index (χ0) is 13.1. The molecule has 5 heteroatoms. The SMILES string of the molecule is CCCc1nc(Cl)cc(N2CCC(C)C(O)C2)n1. The van der Waals surface area contributed by atoms with Gasteiger partial charge in [-0.2, -0.15) is 0 Å². The van der Waals surface area contributed by atoms with Crippen molar-refractivity contribution in [3.05, 3.63) is 17.0 Å². The first-order chi connectivity index (χ1) is 8.60. The second-order valence-corrected chi connectivity index (χ2v) is 5.38. The van der Waals surface area contributed by atoms with Crippen LogP contribution in [0.25, 0.3) is 0 Å². The highest BCUT2D eigenvalue weighted by Gasteiger charge is 2.25. The number of β-amino-alcohol motifs (C(OH)–C–C–N with tert-alkyl or cyclic N) is 1. The van der Waals surface area contributed by atoms with Crippen LogP contribution in [0, 0.1) is 5.92 Å². The number of anilines is 1. The molecule has 0 aliphatic carbocycles. The molecule has 0 radical (unpaired) electrons. The third kappa shape index (κ3) is 3.12. The van der Waals surface area contributed by atoms with E-state index in [2.05, 4.69) is 28.7 Å². The van der Waals surface area contributed by atoms with Gasteiger partial charge in [0.2, 0.25) is 0 Å². The van der Waals surface area contributed by atoms with E-state index in [9.17, 15) is 5.11 Å². The Morgan fingerprint density at radius 1 is 1.50 bits per heavy atom. The summed E-state index contributed by atoms with van der Waals surface area (Å²) in [5.74, 6) is 1.98. The fraction of sp³-hybridized carbons (Fsp3) is 0.692. The summed E-state index contributed by atoms with van der Waals surface area (Å²) >= 11 is 6.03. The van der Waals surface area contributed by atoms with Crippen molar-refractivity contribution in [3.63, 3.8) is 0 Å². The number of nitrogens with zero attached hydrogens (tertiary/aromatic N) is 3. The number of hydrogen-bond acceptors (Lipinski definition) is 4. The monoisotopic (exact) mass is 269 g/mol. The van der Waals surface area contributed by atoms with Crippen LogP contribution in [-0.4, -0.2) is 34.3 Å². The second kappa shape index (κ2) is 5.85. The molecule has 0 aromatic carbocycles. The molecule has 2 unspecified atom stereocenters. The number of piperidine rings is 1. The number of aromatic nitrogens is 2. The summed E-state index contributed by atoms with van der Waals surface area (Å²) in [6.45, 7) is 5.71. The van der Waals surface area contributed by atoms with Crippen LogP contribution in [0.4, 0.5) is 5.82 Å². The van der Waals surface area contributed by atoms with E-state index in [1.165, 1.54) is 0 Å². The minimum Gasteiger partial charge on any atom is -0.391 e. The summed E-state index contributed by atoms with van der Waals surface area (Å²) in [5.41, 5.74) is 0. The van der Waals surface area contributed by atoms with Gasteiger partial charge in [0, 0.05) is 25.6 Å². The molecule has 1 aliphatic rings. The average Bonchev–Trinajstić information content (AvgIpc) is 2.32. The number of aliphatic hydroxyl groups is 1. The minimum absolute atomic E-state index is 0.290. The molecule has 1 fully saturated rings. The average molecular weight is 270 g/mol. The third-order valence-corrected chi connectivity index (χ3v) is 3.64. The minimum atomic E-state index is -0.290. The molecule has 2 atom stereocenters. The van der Waals surface area contributed by atoms with Crippen molar-refractivity contribution in [1.29, 1.82) is 0 Å². The van der Waals surface area contributed by atoms with Gasteiger partial charge in [-0.15, -0.1) is 0 Å². The van der Waals surface area contributed by atoms with Crippen LogP contribution in [0.1, 0.15) is 32.5 Å². The summed E-state index contributed by atoms with van der Waals surface area (Å²) in [4.78, 5) is 10.8. The van der Waals surface area contributed by atoms with Gasteiger partial charge in [-0.05, 0) is 18.8 Å². The van der Waals surface area contributed by atoms with Crippen molar-refractivity contribution >= 4 is 17.4 Å². The molecule has 4 nitrogen and oxygen atoms in total. The quantitative estimate of drug-likeness (QED) is 0.856. The molecule has 100 valence electrons. The van der Waals surface area contributed by atoms with Crippen LogP contribution in [0.3, 0.4) is 0 Å². The van der Waals surface area contributed by atoms with E-state index in [0.717, 1.165) is 37.4 Å². The first kappa shape index (κ1) is 13.6. The van der Waals surface area contributed by atoms with Crippen molar-refractivity contribution in [2.24, 2.45) is 5.92 Å². The summed E-state index contributed by atoms with van der Waals surface area (Å²) in [6, 6.07) is 1.78. The lowest BCUT2D eigenvalue weighted by Gasteiger charge is -2.35. The fourth-order valence-electron chi connectivity index (χ4n) is 2.21. The Morgan fingerprint density at radius 3 is 2.94 bits per heavy atom. The van der Waals surface area contributed by atoms with Crippen molar-refractivity contribution in [2.45, 2.75) is 39.2 Å². The molecule has 2 rings (SSSR count). The molecule has 0 amide bonds. The third-order valence-electron chi connectivity index (χ3n) is 3.44. The second-order valence-electron chi connectivity index (χ2n) is 4.99. The first-order valence-electron chi connectivity index (χ1n) is 6.56. The van der Waals surface area contributed by atoms with Gasteiger partial charge in [0.1, 0.15) is 16.8 Å². The van der Waals surface area contributed by atoms with Crippen molar-refractivity contribution in [1.82, 2.24) is 9.97 Å². The van der Waals surface area contributed by atoms with Gasteiger partial charge in [0.15, 0.2) is 0 Å². The summed E-state index contributed by atoms with van der Waals surface area (Å²) in [5, 5.41) is 10.4. The zero-order valence-electron chi connectivity index (χ0n) is 10.9. The maximum Gasteiger partial charge on any atom is 0.134 e. The van der Waals surface area contributed by atoms with Gasteiger partial charge in [0.05, 0.1) is 6.10 Å². The largest absolute Gasteiger partial charge is 0.391 e. The van der Waals surface area contributed by atoms with E-state index in [1.54, 1.807) is 6.07 Å². The lowest BCUT2D eigenvalue weighted by atomic mass is 9.96. The van der Waals surface area contributed by atoms with E-state index in [4.69, 9.17) is 11.6 Å². The number of aryl methyl sites for hydroxylation is 1. The Hall–Kier alpha value is -0.870. The molecule has 1 N–H and O–H groups in total. The summed E-state index contributed by atoms with van der Waals surface area (Å²) in [7, 11) is 0. The molecular weight excluding hydrogens is 250 g/mol. The molecule has 1 aliphatic heterocycles. The summed E-state index contributed by atoms with van der Waals surface area (Å²) in [6.07, 6.45) is 2.52. The Balaban J connectivity index is 2.17. The predicted octanol–water partition coefficient (Wildman–Crippen LogP) is 2.29. The zero-order valence-corrected chi connectivity index (χ0v) is 11.7. The smallest absolute Gasteiger partial charge is 0.134 e. The number of halogens is 1. The highest BCUT2D eigenvalue weighted by Crippen LogP contribution is 2.23. The molecule has 0 bridgehead atoms. The first-order valence-corrected chi connectivity index (χ1v) is 6.94. The molecule has 18 heavy (non-hydrogen) atoms. The number of rotatable bonds is 3. The lowest BCUT2D eigenvalue weighted by molar-refractivity contribution is 0.102. The number of aliphatic hydroxyl groups excluding tert-OH is 1. The van der Waals surface area contributed by atoms with Crippen LogP contribution in [-0.2, 0) is 6.42 Å². The molecule has 1 aromatic rings. The maximum absolute atomic E-state index is 9.93. The highest BCUT2D eigenvalue weighted by molar-refractivity contribution is 6.29. The van der Waals surface area contributed by atoms with E-state index in [0.29, 0.717) is 17.6 Å². The Kier molecular flexibility index (Phi) is 4.40. The van der Waals surface area contributed by atoms with Crippen molar-refractivity contribution in [2.75, 3.05) is 18.0 Å². The van der Waals surface area contributed by atoms with Crippen LogP contribution in [0.15, 0.2) is 6.07 Å². The number of hydrogen-bond donors (Lipinski definition) is 1. The van der Waals surface area contributed by atoms with Crippen molar-refractivity contribution < 1.29 is 5.11 Å². The maximum atomic E-state index is 9.93. The Morgan fingerprint density at radius 2 is 2.28 bits per heavy atom. The van der Waals surface area contributed by atoms with Crippen LogP contribution >= 0.6 is 11.6 Å². The molecule has 1 aromatic heterocycles. The predicted molar refractivity (Wildman–Crippen MR) is 73.0 cm³/mol. The van der Waals surface area contributed by atoms with E-state index in [-0.39, 0.29) is 6.10 Å². The Labute approximate surface area is 113 Å². The van der Waals surface area contributed by atoms with Crippen molar-refractivity contribution in [3.8, 4) is 0 Å². The topological polar surface area (TPSA) is 49.2 Å². The van der Waals surface area contributed by atoms with Gasteiger partial charge in [-0.25, -0.2) is 9.97 Å². The van der Waals surface area contributed by atoms with Gasteiger partial charge >= 0.3 is 0 Å². The standard InChI is InChI=1S/C13H20ClN3O/c1-3-4-12-15-11(14)7-13(16-12)17-6-5-9(2)10(18)8-17/h7,9-10,18H,3-6,8H2,1-2H3. The molecule has 1 saturated heterocycles. The summed E-state index contributed by atoms with van der Waals surface area (Å²) < 4.78 is 0. The van der Waals surface area contributed by atoms with Gasteiger partial charge in [0.25, 0.3) is 0 Å². The molecular formula is C13H20ClN3O. The van der Waals surface area contributed by atoms with Crippen LogP contribution < -0.4 is 4.90 Å². The molecule has 0 saturated carbocycles. The van der Waals surface area contributed by atoms with E-state index >= 15 is 0 Å². The normalized spacial score (nSPS) is 24.3. The highest BCUT2D eigenvalue weighted by atomic mass is 35.5. The van der Waals surface area contributed by atoms with Gasteiger partial charge in [-0.3, -0.25) is 0 Å². The van der Waals surface area contributed by atoms with Gasteiger partial charge < -0.3 is 10.0 Å². The Bertz CT molecular complexity index is 413. The fourth-order valence-corrected chi connectivity index (χ4v) is 2.40. The van der Waals surface area contributed by atoms with Gasteiger partial charge in [-0.1, -0.05) is 25.4 Å². The lowest BCUT2D eigenvalue weighted by Crippen LogP contribution is -2.43. The van der Waals surface area contributed by atoms with Crippen LogP contribution in [0.5, 0.6) is 0 Å².